The second-order valence-electron chi connectivity index (χ2n) is 5.35. The summed E-state index contributed by atoms with van der Waals surface area (Å²) >= 11 is 3.43. The van der Waals surface area contributed by atoms with Gasteiger partial charge in [-0.05, 0) is 59.0 Å². The van der Waals surface area contributed by atoms with Crippen molar-refractivity contribution in [2.24, 2.45) is 0 Å². The molecule has 3 rings (SSSR count). The van der Waals surface area contributed by atoms with Gasteiger partial charge < -0.3 is 15.0 Å². The summed E-state index contributed by atoms with van der Waals surface area (Å²) in [6.45, 7) is 0.580. The molecule has 1 aliphatic carbocycles. The lowest BCUT2D eigenvalue weighted by Gasteiger charge is -2.08. The van der Waals surface area contributed by atoms with Crippen LogP contribution in [-0.4, -0.2) is 22.1 Å². The molecule has 1 aliphatic rings. The van der Waals surface area contributed by atoms with Gasteiger partial charge >= 0.3 is 0 Å². The van der Waals surface area contributed by atoms with E-state index in [1.807, 2.05) is 24.4 Å². The average Bonchev–Trinajstić information content (AvgIpc) is 3.23. The lowest BCUT2D eigenvalue weighted by atomic mass is 10.1. The van der Waals surface area contributed by atoms with E-state index >= 15 is 0 Å². The molecule has 0 unspecified atom stereocenters. The minimum absolute atomic E-state index is 0.0358. The number of aromatic hydroxyl groups is 1. The maximum atomic E-state index is 12.3. The van der Waals surface area contributed by atoms with Gasteiger partial charge in [0.25, 0.3) is 5.91 Å². The molecular formula is C16H17BrN2O2. The van der Waals surface area contributed by atoms with Gasteiger partial charge in [0.1, 0.15) is 11.4 Å². The minimum Gasteiger partial charge on any atom is -0.508 e. The Morgan fingerprint density at radius 3 is 2.71 bits per heavy atom. The highest BCUT2D eigenvalue weighted by Crippen LogP contribution is 2.37. The Hall–Kier alpha value is -1.75. The van der Waals surface area contributed by atoms with Crippen LogP contribution in [0.4, 0.5) is 0 Å². The first kappa shape index (κ1) is 14.2. The Balaban J connectivity index is 1.58. The summed E-state index contributed by atoms with van der Waals surface area (Å²) in [7, 11) is 0. The number of hydrogen-bond donors (Lipinski definition) is 2. The number of nitrogens with zero attached hydrogens (tertiary/aromatic N) is 1. The van der Waals surface area contributed by atoms with Gasteiger partial charge in [-0.2, -0.15) is 0 Å². The van der Waals surface area contributed by atoms with E-state index in [-0.39, 0.29) is 11.7 Å². The lowest BCUT2D eigenvalue weighted by Crippen LogP contribution is -2.27. The molecule has 1 fully saturated rings. The highest BCUT2D eigenvalue weighted by atomic mass is 79.9. The normalized spacial score (nSPS) is 14.1. The molecule has 0 radical (unpaired) electrons. The predicted octanol–water partition coefficient (Wildman–Crippen LogP) is 3.26. The van der Waals surface area contributed by atoms with Crippen LogP contribution in [-0.2, 0) is 6.42 Å². The fourth-order valence-corrected chi connectivity index (χ4v) is 2.79. The van der Waals surface area contributed by atoms with Gasteiger partial charge in [-0.3, -0.25) is 4.79 Å². The first-order chi connectivity index (χ1) is 10.1. The van der Waals surface area contributed by atoms with E-state index in [0.29, 0.717) is 12.6 Å². The number of phenolic OH excluding ortho intramolecular Hbond substituents is 1. The second kappa shape index (κ2) is 5.93. The molecule has 1 saturated carbocycles. The summed E-state index contributed by atoms with van der Waals surface area (Å²) in [5, 5.41) is 12.2. The highest BCUT2D eigenvalue weighted by molar-refractivity contribution is 9.10. The van der Waals surface area contributed by atoms with Crippen LogP contribution in [0, 0.1) is 0 Å². The van der Waals surface area contributed by atoms with Crippen molar-refractivity contribution < 1.29 is 9.90 Å². The molecule has 110 valence electrons. The van der Waals surface area contributed by atoms with E-state index in [0.717, 1.165) is 35.0 Å². The van der Waals surface area contributed by atoms with Gasteiger partial charge in [0.05, 0.1) is 0 Å². The van der Waals surface area contributed by atoms with Crippen molar-refractivity contribution in [3.63, 3.8) is 0 Å². The van der Waals surface area contributed by atoms with E-state index < -0.39 is 0 Å². The Labute approximate surface area is 131 Å². The largest absolute Gasteiger partial charge is 0.508 e. The van der Waals surface area contributed by atoms with Gasteiger partial charge in [0.2, 0.25) is 0 Å². The second-order valence-corrected chi connectivity index (χ2v) is 6.27. The molecule has 0 spiro atoms. The Morgan fingerprint density at radius 2 is 2.05 bits per heavy atom. The van der Waals surface area contributed by atoms with E-state index in [4.69, 9.17) is 0 Å². The molecule has 1 aromatic carbocycles. The summed E-state index contributed by atoms with van der Waals surface area (Å²) in [6.07, 6.45) is 5.02. The van der Waals surface area contributed by atoms with Gasteiger partial charge in [0, 0.05) is 23.3 Å². The van der Waals surface area contributed by atoms with Crippen LogP contribution in [0.25, 0.3) is 0 Å². The maximum absolute atomic E-state index is 12.3. The molecule has 1 aromatic heterocycles. The summed E-state index contributed by atoms with van der Waals surface area (Å²) in [4.78, 5) is 12.3. The first-order valence-corrected chi connectivity index (χ1v) is 7.86. The lowest BCUT2D eigenvalue weighted by molar-refractivity contribution is 0.0944. The van der Waals surface area contributed by atoms with E-state index in [1.165, 1.54) is 0 Å². The number of amides is 1. The Bertz CT molecular complexity index is 645. The van der Waals surface area contributed by atoms with E-state index in [2.05, 4.69) is 25.8 Å². The number of phenols is 1. The van der Waals surface area contributed by atoms with Crippen molar-refractivity contribution in [3.8, 4) is 5.75 Å². The van der Waals surface area contributed by atoms with E-state index in [9.17, 15) is 9.90 Å². The number of rotatable bonds is 5. The van der Waals surface area contributed by atoms with Crippen LogP contribution in [0.1, 0.15) is 34.9 Å². The standard InChI is InChI=1S/C16H17BrN2O2/c17-12-9-15(19(10-12)13-3-4-13)16(21)18-8-7-11-1-5-14(20)6-2-11/h1-2,5-6,9-10,13,20H,3-4,7-8H2,(H,18,21). The molecule has 1 heterocycles. The van der Waals surface area contributed by atoms with Crippen LogP contribution in [0.2, 0.25) is 0 Å². The average molecular weight is 349 g/mol. The zero-order valence-corrected chi connectivity index (χ0v) is 13.1. The molecule has 0 saturated heterocycles. The van der Waals surface area contributed by atoms with Crippen molar-refractivity contribution in [2.45, 2.75) is 25.3 Å². The summed E-state index contributed by atoms with van der Waals surface area (Å²) in [5.74, 6) is 0.223. The van der Waals surface area contributed by atoms with Gasteiger partial charge in [0.15, 0.2) is 0 Å². The molecule has 4 nitrogen and oxygen atoms in total. The maximum Gasteiger partial charge on any atom is 0.267 e. The van der Waals surface area contributed by atoms with Crippen molar-refractivity contribution in [2.75, 3.05) is 6.54 Å². The van der Waals surface area contributed by atoms with Gasteiger partial charge in [-0.15, -0.1) is 0 Å². The van der Waals surface area contributed by atoms with Crippen LogP contribution in [0.15, 0.2) is 41.0 Å². The molecular weight excluding hydrogens is 332 g/mol. The quantitative estimate of drug-likeness (QED) is 0.871. The summed E-state index contributed by atoms with van der Waals surface area (Å²) < 4.78 is 3.00. The van der Waals surface area contributed by atoms with Crippen LogP contribution in [0.3, 0.4) is 0 Å². The SMILES string of the molecule is O=C(NCCc1ccc(O)cc1)c1cc(Br)cn1C1CC1. The molecule has 1 amide bonds. The highest BCUT2D eigenvalue weighted by Gasteiger charge is 2.27. The summed E-state index contributed by atoms with van der Waals surface area (Å²) in [5.41, 5.74) is 1.81. The molecule has 2 N–H and O–H groups in total. The zero-order valence-electron chi connectivity index (χ0n) is 11.6. The molecule has 0 atom stereocenters. The number of carbonyl (C=O) groups excluding carboxylic acids is 1. The number of hydrogen-bond acceptors (Lipinski definition) is 2. The number of nitrogens with one attached hydrogen (secondary N) is 1. The zero-order chi connectivity index (χ0) is 14.8. The molecule has 0 bridgehead atoms. The van der Waals surface area contributed by atoms with Crippen LogP contribution in [0.5, 0.6) is 5.75 Å². The Morgan fingerprint density at radius 1 is 1.33 bits per heavy atom. The first-order valence-electron chi connectivity index (χ1n) is 7.07. The van der Waals surface area contributed by atoms with Crippen LogP contribution < -0.4 is 5.32 Å². The van der Waals surface area contributed by atoms with E-state index in [1.54, 1.807) is 12.1 Å². The summed E-state index contributed by atoms with van der Waals surface area (Å²) in [6, 6.07) is 9.40. The van der Waals surface area contributed by atoms with Crippen molar-refractivity contribution in [1.82, 2.24) is 9.88 Å². The fourth-order valence-electron chi connectivity index (χ4n) is 2.36. The van der Waals surface area contributed by atoms with Crippen molar-refractivity contribution in [3.05, 3.63) is 52.3 Å². The third-order valence-electron chi connectivity index (χ3n) is 3.62. The van der Waals surface area contributed by atoms with Crippen molar-refractivity contribution in [1.29, 1.82) is 0 Å². The Kier molecular flexibility index (Phi) is 4.01. The third-order valence-corrected chi connectivity index (χ3v) is 4.06. The number of benzene rings is 1. The fraction of sp³-hybridized carbons (Fsp3) is 0.312. The number of halogens is 1. The molecule has 0 aliphatic heterocycles. The monoisotopic (exact) mass is 348 g/mol. The number of aromatic nitrogens is 1. The predicted molar refractivity (Wildman–Crippen MR) is 84.5 cm³/mol. The van der Waals surface area contributed by atoms with Crippen molar-refractivity contribution >= 4 is 21.8 Å². The molecule has 21 heavy (non-hydrogen) atoms. The molecule has 2 aromatic rings. The smallest absolute Gasteiger partial charge is 0.267 e. The van der Waals surface area contributed by atoms with Gasteiger partial charge in [-0.1, -0.05) is 12.1 Å². The third kappa shape index (κ3) is 3.47. The number of carbonyl (C=O) groups is 1. The van der Waals surface area contributed by atoms with Gasteiger partial charge in [-0.25, -0.2) is 0 Å². The van der Waals surface area contributed by atoms with Crippen LogP contribution >= 0.6 is 15.9 Å². The minimum atomic E-state index is -0.0358. The molecule has 5 heteroatoms. The topological polar surface area (TPSA) is 54.3 Å².